The summed E-state index contributed by atoms with van der Waals surface area (Å²) < 4.78 is 0. The van der Waals surface area contributed by atoms with Crippen molar-refractivity contribution < 1.29 is 5.11 Å². The van der Waals surface area contributed by atoms with Gasteiger partial charge in [-0.05, 0) is 14.0 Å². The summed E-state index contributed by atoms with van der Waals surface area (Å²) in [5.41, 5.74) is 5.42. The van der Waals surface area contributed by atoms with Crippen LogP contribution in [0.25, 0.3) is 0 Å². The van der Waals surface area contributed by atoms with Crippen LogP contribution in [0.5, 0.6) is 0 Å². The number of likely N-dealkylation sites (N-methyl/N-ethyl adjacent to an activating group) is 1. The van der Waals surface area contributed by atoms with Crippen molar-refractivity contribution >= 4 is 0 Å². The Kier molecular flexibility index (Phi) is 4.12. The van der Waals surface area contributed by atoms with E-state index in [4.69, 9.17) is 5.73 Å². The Morgan fingerprint density at radius 2 is 1.85 bits per heavy atom. The van der Waals surface area contributed by atoms with Gasteiger partial charge < -0.3 is 15.7 Å². The van der Waals surface area contributed by atoms with Gasteiger partial charge in [0.15, 0.2) is 0 Å². The normalized spacial score (nSPS) is 25.8. The molecular formula is C9H21N3O. The van der Waals surface area contributed by atoms with Crippen LogP contribution < -0.4 is 5.73 Å². The first-order valence-electron chi connectivity index (χ1n) is 4.96. The topological polar surface area (TPSA) is 52.7 Å². The molecule has 0 bridgehead atoms. The second-order valence-electron chi connectivity index (χ2n) is 3.88. The van der Waals surface area contributed by atoms with Gasteiger partial charge in [-0.15, -0.1) is 0 Å². The Labute approximate surface area is 80.3 Å². The molecule has 1 heterocycles. The maximum atomic E-state index is 9.56. The monoisotopic (exact) mass is 187 g/mol. The second kappa shape index (κ2) is 4.91. The zero-order valence-corrected chi connectivity index (χ0v) is 8.61. The molecule has 78 valence electrons. The minimum Gasteiger partial charge on any atom is -0.390 e. The van der Waals surface area contributed by atoms with Crippen LogP contribution in [0.3, 0.4) is 0 Å². The quantitative estimate of drug-likeness (QED) is 0.591. The molecule has 0 radical (unpaired) electrons. The van der Waals surface area contributed by atoms with E-state index in [2.05, 4.69) is 16.8 Å². The van der Waals surface area contributed by atoms with Gasteiger partial charge in [-0.1, -0.05) is 0 Å². The largest absolute Gasteiger partial charge is 0.390 e. The summed E-state index contributed by atoms with van der Waals surface area (Å²) in [7, 11) is 2.13. The van der Waals surface area contributed by atoms with E-state index in [1.165, 1.54) is 0 Å². The molecular weight excluding hydrogens is 166 g/mol. The first-order chi connectivity index (χ1) is 6.15. The Morgan fingerprint density at radius 3 is 2.31 bits per heavy atom. The van der Waals surface area contributed by atoms with E-state index in [1.54, 1.807) is 0 Å². The van der Waals surface area contributed by atoms with Gasteiger partial charge in [-0.3, -0.25) is 4.90 Å². The highest BCUT2D eigenvalue weighted by atomic mass is 16.3. The molecule has 0 saturated carbocycles. The fourth-order valence-corrected chi connectivity index (χ4v) is 1.67. The molecule has 2 unspecified atom stereocenters. The molecule has 4 heteroatoms. The molecule has 0 aromatic rings. The van der Waals surface area contributed by atoms with Crippen LogP contribution >= 0.6 is 0 Å². The molecule has 0 spiro atoms. The highest BCUT2D eigenvalue weighted by molar-refractivity contribution is 4.79. The minimum atomic E-state index is -0.386. The molecule has 3 N–H and O–H groups in total. The summed E-state index contributed by atoms with van der Waals surface area (Å²) in [6, 6.07) is 0.193. The van der Waals surface area contributed by atoms with Crippen molar-refractivity contribution in [1.82, 2.24) is 9.80 Å². The van der Waals surface area contributed by atoms with Crippen LogP contribution in [0.1, 0.15) is 6.92 Å². The van der Waals surface area contributed by atoms with E-state index in [9.17, 15) is 5.11 Å². The zero-order valence-electron chi connectivity index (χ0n) is 8.61. The second-order valence-corrected chi connectivity index (χ2v) is 3.88. The average molecular weight is 187 g/mol. The van der Waals surface area contributed by atoms with Gasteiger partial charge in [0.2, 0.25) is 0 Å². The SMILES string of the molecule is CC(C(O)CN)N1CCN(C)CC1. The predicted molar refractivity (Wildman–Crippen MR) is 53.6 cm³/mol. The molecule has 1 fully saturated rings. The van der Waals surface area contributed by atoms with Crippen LogP contribution in [-0.2, 0) is 0 Å². The van der Waals surface area contributed by atoms with Crippen molar-refractivity contribution in [3.63, 3.8) is 0 Å². The first kappa shape index (κ1) is 10.9. The lowest BCUT2D eigenvalue weighted by atomic mass is 10.1. The van der Waals surface area contributed by atoms with E-state index in [-0.39, 0.29) is 12.1 Å². The summed E-state index contributed by atoms with van der Waals surface area (Å²) >= 11 is 0. The van der Waals surface area contributed by atoms with E-state index in [0.717, 1.165) is 26.2 Å². The number of rotatable bonds is 3. The fourth-order valence-electron chi connectivity index (χ4n) is 1.67. The van der Waals surface area contributed by atoms with Crippen LogP contribution in [0.2, 0.25) is 0 Å². The number of hydrogen-bond acceptors (Lipinski definition) is 4. The van der Waals surface area contributed by atoms with Crippen molar-refractivity contribution in [1.29, 1.82) is 0 Å². The van der Waals surface area contributed by atoms with Gasteiger partial charge >= 0.3 is 0 Å². The third kappa shape index (κ3) is 2.91. The Balaban J connectivity index is 2.35. The van der Waals surface area contributed by atoms with Gasteiger partial charge in [0, 0.05) is 38.8 Å². The smallest absolute Gasteiger partial charge is 0.0814 e. The Bertz CT molecular complexity index is 146. The lowest BCUT2D eigenvalue weighted by Gasteiger charge is -2.38. The molecule has 2 atom stereocenters. The zero-order chi connectivity index (χ0) is 9.84. The van der Waals surface area contributed by atoms with Gasteiger partial charge in [-0.2, -0.15) is 0 Å². The van der Waals surface area contributed by atoms with E-state index < -0.39 is 0 Å². The van der Waals surface area contributed by atoms with Crippen LogP contribution in [0.4, 0.5) is 0 Å². The third-order valence-electron chi connectivity index (χ3n) is 2.91. The van der Waals surface area contributed by atoms with Gasteiger partial charge in [0.1, 0.15) is 0 Å². The number of nitrogens with two attached hydrogens (primary N) is 1. The van der Waals surface area contributed by atoms with E-state index in [1.807, 2.05) is 6.92 Å². The summed E-state index contributed by atoms with van der Waals surface area (Å²) in [4.78, 5) is 4.61. The first-order valence-corrected chi connectivity index (χ1v) is 4.96. The highest BCUT2D eigenvalue weighted by Crippen LogP contribution is 2.07. The average Bonchev–Trinajstić information content (AvgIpc) is 2.17. The standard InChI is InChI=1S/C9H21N3O/c1-8(9(13)7-10)12-5-3-11(2)4-6-12/h8-9,13H,3-7,10H2,1-2H3. The molecule has 0 amide bonds. The molecule has 0 aliphatic carbocycles. The Morgan fingerprint density at radius 1 is 1.31 bits per heavy atom. The van der Waals surface area contributed by atoms with Crippen molar-refractivity contribution in [2.75, 3.05) is 39.8 Å². The number of piperazine rings is 1. The third-order valence-corrected chi connectivity index (χ3v) is 2.91. The molecule has 13 heavy (non-hydrogen) atoms. The fraction of sp³-hybridized carbons (Fsp3) is 1.00. The molecule has 1 rings (SSSR count). The molecule has 1 saturated heterocycles. The molecule has 4 nitrogen and oxygen atoms in total. The predicted octanol–water partition coefficient (Wildman–Crippen LogP) is -1.06. The number of hydrogen-bond donors (Lipinski definition) is 2. The van der Waals surface area contributed by atoms with Gasteiger partial charge in [0.25, 0.3) is 0 Å². The summed E-state index contributed by atoms with van der Waals surface area (Å²) in [5, 5.41) is 9.56. The van der Waals surface area contributed by atoms with Crippen molar-refractivity contribution in [2.45, 2.75) is 19.1 Å². The molecule has 1 aliphatic rings. The van der Waals surface area contributed by atoms with E-state index >= 15 is 0 Å². The van der Waals surface area contributed by atoms with E-state index in [0.29, 0.717) is 6.54 Å². The van der Waals surface area contributed by atoms with Crippen LogP contribution in [0, 0.1) is 0 Å². The number of aliphatic hydroxyl groups is 1. The van der Waals surface area contributed by atoms with Gasteiger partial charge in [0.05, 0.1) is 6.10 Å². The maximum Gasteiger partial charge on any atom is 0.0814 e. The number of nitrogens with zero attached hydrogens (tertiary/aromatic N) is 2. The van der Waals surface area contributed by atoms with Crippen molar-refractivity contribution in [3.8, 4) is 0 Å². The minimum absolute atomic E-state index is 0.193. The lowest BCUT2D eigenvalue weighted by molar-refractivity contribution is 0.0367. The number of aliphatic hydroxyl groups excluding tert-OH is 1. The Hall–Kier alpha value is -0.160. The van der Waals surface area contributed by atoms with Crippen molar-refractivity contribution in [3.05, 3.63) is 0 Å². The summed E-state index contributed by atoms with van der Waals surface area (Å²) in [5.74, 6) is 0. The van der Waals surface area contributed by atoms with Crippen LogP contribution in [0.15, 0.2) is 0 Å². The maximum absolute atomic E-state index is 9.56. The molecule has 0 aromatic heterocycles. The molecule has 1 aliphatic heterocycles. The summed E-state index contributed by atoms with van der Waals surface area (Å²) in [6.45, 7) is 6.64. The van der Waals surface area contributed by atoms with Crippen molar-refractivity contribution in [2.24, 2.45) is 5.73 Å². The van der Waals surface area contributed by atoms with Crippen LogP contribution in [-0.4, -0.2) is 66.8 Å². The molecule has 0 aromatic carbocycles. The summed E-state index contributed by atoms with van der Waals surface area (Å²) in [6.07, 6.45) is -0.386. The lowest BCUT2D eigenvalue weighted by Crippen LogP contribution is -2.52. The highest BCUT2D eigenvalue weighted by Gasteiger charge is 2.23. The van der Waals surface area contributed by atoms with Gasteiger partial charge in [-0.25, -0.2) is 0 Å².